The van der Waals surface area contributed by atoms with Crippen LogP contribution in [0.2, 0.25) is 0 Å². The molecule has 11 heavy (non-hydrogen) atoms. The molecule has 0 saturated heterocycles. The lowest BCUT2D eigenvalue weighted by Crippen LogP contribution is -2.26. The van der Waals surface area contributed by atoms with Gasteiger partial charge in [-0.3, -0.25) is 4.79 Å². The lowest BCUT2D eigenvalue weighted by atomic mass is 9.85. The Balaban J connectivity index is 2.30. The number of Topliss-reactive ketones (excluding diaryl/α,β-unsaturated/α-hetero) is 1. The Bertz CT molecular complexity index is 139. The predicted molar refractivity (Wildman–Crippen MR) is 41.7 cm³/mol. The highest BCUT2D eigenvalue weighted by atomic mass is 16.6. The van der Waals surface area contributed by atoms with Gasteiger partial charge in [-0.2, -0.15) is 0 Å². The molecule has 2 N–H and O–H groups in total. The SMILES string of the molecule is CC(=O)C1CCC(ON)CC1. The molecular formula is C8H15NO2. The molecular weight excluding hydrogens is 142 g/mol. The van der Waals surface area contributed by atoms with Crippen LogP contribution >= 0.6 is 0 Å². The van der Waals surface area contributed by atoms with Gasteiger partial charge < -0.3 is 4.84 Å². The van der Waals surface area contributed by atoms with Crippen molar-refractivity contribution in [3.05, 3.63) is 0 Å². The fourth-order valence-electron chi connectivity index (χ4n) is 1.61. The van der Waals surface area contributed by atoms with Crippen molar-refractivity contribution in [1.29, 1.82) is 0 Å². The van der Waals surface area contributed by atoms with Crippen molar-refractivity contribution in [2.45, 2.75) is 38.7 Å². The first kappa shape index (κ1) is 8.68. The van der Waals surface area contributed by atoms with Crippen molar-refractivity contribution in [2.75, 3.05) is 0 Å². The zero-order chi connectivity index (χ0) is 8.27. The van der Waals surface area contributed by atoms with Crippen LogP contribution in [0, 0.1) is 5.92 Å². The summed E-state index contributed by atoms with van der Waals surface area (Å²) < 4.78 is 0. The molecule has 0 aromatic heterocycles. The van der Waals surface area contributed by atoms with E-state index in [0.29, 0.717) is 5.78 Å². The molecule has 0 amide bonds. The monoisotopic (exact) mass is 157 g/mol. The largest absolute Gasteiger partial charge is 0.301 e. The molecule has 1 aliphatic rings. The summed E-state index contributed by atoms with van der Waals surface area (Å²) in [5, 5.41) is 0. The summed E-state index contributed by atoms with van der Waals surface area (Å²) in [5.74, 6) is 5.61. The molecule has 1 rings (SSSR count). The number of carbonyl (C=O) groups is 1. The second-order valence-corrected chi connectivity index (χ2v) is 3.22. The van der Waals surface area contributed by atoms with E-state index in [1.165, 1.54) is 0 Å². The van der Waals surface area contributed by atoms with Gasteiger partial charge in [-0.15, -0.1) is 0 Å². The van der Waals surface area contributed by atoms with E-state index >= 15 is 0 Å². The molecule has 1 aliphatic carbocycles. The molecule has 0 bridgehead atoms. The smallest absolute Gasteiger partial charge is 0.132 e. The van der Waals surface area contributed by atoms with Gasteiger partial charge in [-0.05, 0) is 32.6 Å². The third-order valence-corrected chi connectivity index (χ3v) is 2.44. The van der Waals surface area contributed by atoms with Crippen LogP contribution in [-0.4, -0.2) is 11.9 Å². The maximum Gasteiger partial charge on any atom is 0.132 e. The van der Waals surface area contributed by atoms with Gasteiger partial charge in [0.15, 0.2) is 0 Å². The number of rotatable bonds is 2. The Morgan fingerprint density at radius 3 is 2.27 bits per heavy atom. The van der Waals surface area contributed by atoms with Crippen molar-refractivity contribution in [2.24, 2.45) is 11.8 Å². The third kappa shape index (κ3) is 2.27. The molecule has 3 heteroatoms. The predicted octanol–water partition coefficient (Wildman–Crippen LogP) is 1.02. The average Bonchev–Trinajstić information content (AvgIpc) is 2.05. The van der Waals surface area contributed by atoms with Crippen molar-refractivity contribution in [3.63, 3.8) is 0 Å². The zero-order valence-corrected chi connectivity index (χ0v) is 6.88. The maximum atomic E-state index is 10.9. The van der Waals surface area contributed by atoms with E-state index in [1.54, 1.807) is 6.92 Å². The second kappa shape index (κ2) is 3.83. The molecule has 0 aliphatic heterocycles. The Morgan fingerprint density at radius 2 is 1.91 bits per heavy atom. The minimum Gasteiger partial charge on any atom is -0.301 e. The molecule has 64 valence electrons. The molecule has 1 saturated carbocycles. The molecule has 0 heterocycles. The van der Waals surface area contributed by atoms with Crippen LogP contribution in [0.5, 0.6) is 0 Å². The van der Waals surface area contributed by atoms with Gasteiger partial charge in [-0.25, -0.2) is 5.90 Å². The van der Waals surface area contributed by atoms with Gasteiger partial charge in [0.05, 0.1) is 6.10 Å². The number of carbonyl (C=O) groups excluding carboxylic acids is 1. The van der Waals surface area contributed by atoms with Gasteiger partial charge in [0, 0.05) is 5.92 Å². The number of nitrogens with two attached hydrogens (primary N) is 1. The zero-order valence-electron chi connectivity index (χ0n) is 6.88. The van der Waals surface area contributed by atoms with E-state index in [0.717, 1.165) is 25.7 Å². The number of hydrogen-bond acceptors (Lipinski definition) is 3. The first-order valence-electron chi connectivity index (χ1n) is 4.10. The molecule has 0 aromatic rings. The first-order valence-corrected chi connectivity index (χ1v) is 4.10. The van der Waals surface area contributed by atoms with E-state index in [9.17, 15) is 4.79 Å². The minimum absolute atomic E-state index is 0.186. The van der Waals surface area contributed by atoms with E-state index < -0.39 is 0 Å². The summed E-state index contributed by atoms with van der Waals surface area (Å²) in [7, 11) is 0. The normalized spacial score (nSPS) is 31.8. The van der Waals surface area contributed by atoms with Gasteiger partial charge in [-0.1, -0.05) is 0 Å². The summed E-state index contributed by atoms with van der Waals surface area (Å²) in [6, 6.07) is 0. The fraction of sp³-hybridized carbons (Fsp3) is 0.875. The Morgan fingerprint density at radius 1 is 1.36 bits per heavy atom. The lowest BCUT2D eigenvalue weighted by Gasteiger charge is -2.24. The van der Waals surface area contributed by atoms with Gasteiger partial charge in [0.25, 0.3) is 0 Å². The van der Waals surface area contributed by atoms with E-state index in [4.69, 9.17) is 10.7 Å². The topological polar surface area (TPSA) is 52.3 Å². The lowest BCUT2D eigenvalue weighted by molar-refractivity contribution is -0.122. The highest BCUT2D eigenvalue weighted by Gasteiger charge is 2.23. The summed E-state index contributed by atoms with van der Waals surface area (Å²) in [6.07, 6.45) is 3.93. The third-order valence-electron chi connectivity index (χ3n) is 2.44. The Hall–Kier alpha value is -0.410. The van der Waals surface area contributed by atoms with Crippen LogP contribution in [0.15, 0.2) is 0 Å². The molecule has 3 nitrogen and oxygen atoms in total. The maximum absolute atomic E-state index is 10.9. The quantitative estimate of drug-likeness (QED) is 0.609. The van der Waals surface area contributed by atoms with Crippen molar-refractivity contribution in [1.82, 2.24) is 0 Å². The molecule has 0 spiro atoms. The Kier molecular flexibility index (Phi) is 3.02. The van der Waals surface area contributed by atoms with Crippen LogP contribution in [0.3, 0.4) is 0 Å². The Labute approximate surface area is 66.9 Å². The summed E-state index contributed by atoms with van der Waals surface area (Å²) in [5.41, 5.74) is 0. The summed E-state index contributed by atoms with van der Waals surface area (Å²) >= 11 is 0. The molecule has 0 unspecified atom stereocenters. The van der Waals surface area contributed by atoms with Crippen LogP contribution < -0.4 is 5.90 Å². The van der Waals surface area contributed by atoms with Gasteiger partial charge in [0.1, 0.15) is 5.78 Å². The minimum atomic E-state index is 0.186. The molecule has 0 aromatic carbocycles. The average molecular weight is 157 g/mol. The standard InChI is InChI=1S/C8H15NO2/c1-6(10)7-2-4-8(11-9)5-3-7/h7-8H,2-5,9H2,1H3. The van der Waals surface area contributed by atoms with Crippen molar-refractivity contribution < 1.29 is 9.63 Å². The number of ketones is 1. The van der Waals surface area contributed by atoms with Crippen molar-refractivity contribution in [3.8, 4) is 0 Å². The van der Waals surface area contributed by atoms with Crippen molar-refractivity contribution >= 4 is 5.78 Å². The highest BCUT2D eigenvalue weighted by molar-refractivity contribution is 5.78. The summed E-state index contributed by atoms with van der Waals surface area (Å²) in [4.78, 5) is 15.6. The first-order chi connectivity index (χ1) is 5.24. The highest BCUT2D eigenvalue weighted by Crippen LogP contribution is 2.25. The van der Waals surface area contributed by atoms with E-state index in [-0.39, 0.29) is 12.0 Å². The fourth-order valence-corrected chi connectivity index (χ4v) is 1.61. The number of hydrogen-bond donors (Lipinski definition) is 1. The van der Waals surface area contributed by atoms with Crippen LogP contribution in [0.25, 0.3) is 0 Å². The second-order valence-electron chi connectivity index (χ2n) is 3.22. The van der Waals surface area contributed by atoms with E-state index in [1.807, 2.05) is 0 Å². The van der Waals surface area contributed by atoms with Gasteiger partial charge in [0.2, 0.25) is 0 Å². The molecule has 0 radical (unpaired) electrons. The van der Waals surface area contributed by atoms with Gasteiger partial charge >= 0.3 is 0 Å². The van der Waals surface area contributed by atoms with Crippen LogP contribution in [0.4, 0.5) is 0 Å². The van der Waals surface area contributed by atoms with Crippen LogP contribution in [0.1, 0.15) is 32.6 Å². The molecule has 1 fully saturated rings. The van der Waals surface area contributed by atoms with E-state index in [2.05, 4.69) is 0 Å². The summed E-state index contributed by atoms with van der Waals surface area (Å²) in [6.45, 7) is 1.66. The molecule has 0 atom stereocenters. The van der Waals surface area contributed by atoms with Crippen LogP contribution in [-0.2, 0) is 9.63 Å².